The van der Waals surface area contributed by atoms with Gasteiger partial charge in [-0.25, -0.2) is 0 Å². The summed E-state index contributed by atoms with van der Waals surface area (Å²) in [7, 11) is 1.49. The molecule has 1 aromatic carbocycles. The van der Waals surface area contributed by atoms with Crippen LogP contribution < -0.4 is 5.32 Å². The van der Waals surface area contributed by atoms with E-state index >= 15 is 0 Å². The molecule has 0 bridgehead atoms. The molecule has 1 aromatic rings. The molecule has 2 amide bonds. The number of carbonyl (C=O) groups is 2. The Morgan fingerprint density at radius 1 is 1.16 bits per heavy atom. The fourth-order valence-electron chi connectivity index (χ4n) is 2.95. The lowest BCUT2D eigenvalue weighted by Gasteiger charge is -2.36. The van der Waals surface area contributed by atoms with Crippen molar-refractivity contribution in [2.75, 3.05) is 39.8 Å². The molecule has 0 aromatic heterocycles. The second kappa shape index (κ2) is 9.53. The van der Waals surface area contributed by atoms with E-state index in [4.69, 9.17) is 4.74 Å². The van der Waals surface area contributed by atoms with Gasteiger partial charge in [-0.1, -0.05) is 37.3 Å². The Morgan fingerprint density at radius 3 is 2.36 bits per heavy atom. The van der Waals surface area contributed by atoms with Crippen molar-refractivity contribution < 1.29 is 14.3 Å². The molecular formula is C19H29N3O3. The zero-order chi connectivity index (χ0) is 18.2. The van der Waals surface area contributed by atoms with E-state index in [1.54, 1.807) is 6.92 Å². The predicted octanol–water partition coefficient (Wildman–Crippen LogP) is 0.913. The lowest BCUT2D eigenvalue weighted by molar-refractivity contribution is -0.140. The van der Waals surface area contributed by atoms with Gasteiger partial charge in [-0.15, -0.1) is 0 Å². The normalized spacial score (nSPS) is 17.8. The summed E-state index contributed by atoms with van der Waals surface area (Å²) in [5.74, 6) is -0.278. The molecule has 1 aliphatic heterocycles. The zero-order valence-electron chi connectivity index (χ0n) is 15.4. The van der Waals surface area contributed by atoms with Gasteiger partial charge in [0.1, 0.15) is 12.1 Å². The quantitative estimate of drug-likeness (QED) is 0.797. The van der Waals surface area contributed by atoms with Crippen molar-refractivity contribution in [3.8, 4) is 0 Å². The third-order valence-electron chi connectivity index (χ3n) is 4.75. The highest BCUT2D eigenvalue weighted by molar-refractivity contribution is 5.89. The molecule has 2 unspecified atom stereocenters. The van der Waals surface area contributed by atoms with Crippen molar-refractivity contribution in [1.82, 2.24) is 15.1 Å². The van der Waals surface area contributed by atoms with E-state index in [2.05, 4.69) is 17.1 Å². The summed E-state index contributed by atoms with van der Waals surface area (Å²) in [5.41, 5.74) is 1.03. The molecule has 1 fully saturated rings. The molecule has 1 N–H and O–H groups in total. The van der Waals surface area contributed by atoms with Gasteiger partial charge < -0.3 is 19.9 Å². The molecule has 0 radical (unpaired) electrons. The minimum absolute atomic E-state index is 0.0174. The lowest BCUT2D eigenvalue weighted by atomic mass is 10.0. The van der Waals surface area contributed by atoms with E-state index in [0.29, 0.717) is 19.5 Å². The van der Waals surface area contributed by atoms with Crippen LogP contribution in [0.2, 0.25) is 0 Å². The number of hydrogen-bond acceptors (Lipinski definition) is 4. The number of likely N-dealkylation sites (N-methyl/N-ethyl adjacent to an activating group) is 1. The van der Waals surface area contributed by atoms with Crippen molar-refractivity contribution in [3.63, 3.8) is 0 Å². The van der Waals surface area contributed by atoms with Gasteiger partial charge in [-0.05, 0) is 19.0 Å². The highest BCUT2D eigenvalue weighted by Crippen LogP contribution is 2.09. The number of benzene rings is 1. The monoisotopic (exact) mass is 347 g/mol. The van der Waals surface area contributed by atoms with Crippen LogP contribution in [-0.4, -0.2) is 73.6 Å². The Morgan fingerprint density at radius 2 is 1.80 bits per heavy atom. The molecule has 25 heavy (non-hydrogen) atoms. The van der Waals surface area contributed by atoms with E-state index in [-0.39, 0.29) is 11.8 Å². The van der Waals surface area contributed by atoms with E-state index in [1.165, 1.54) is 7.11 Å². The predicted molar refractivity (Wildman–Crippen MR) is 97.2 cm³/mol. The summed E-state index contributed by atoms with van der Waals surface area (Å²) in [4.78, 5) is 29.4. The Labute approximate surface area is 150 Å². The average molecular weight is 347 g/mol. The molecule has 1 aliphatic rings. The first-order valence-corrected chi connectivity index (χ1v) is 8.93. The molecule has 2 atom stereocenters. The third-order valence-corrected chi connectivity index (χ3v) is 4.75. The Balaban J connectivity index is 2.07. The number of nitrogens with zero attached hydrogens (tertiary/aromatic N) is 2. The number of rotatable bonds is 7. The standard InChI is InChI=1S/C19H29N3O3/c1-4-21-10-12-22(13-11-21)19(24)17(20-18(23)15(2)25-3)14-16-8-6-5-7-9-16/h5-9,15,17H,4,10-14H2,1-3H3,(H,20,23). The summed E-state index contributed by atoms with van der Waals surface area (Å²) in [6.07, 6.45) is -0.0986. The second-order valence-electron chi connectivity index (χ2n) is 6.39. The van der Waals surface area contributed by atoms with Crippen LogP contribution in [0.25, 0.3) is 0 Å². The van der Waals surface area contributed by atoms with E-state index in [0.717, 1.165) is 25.2 Å². The van der Waals surface area contributed by atoms with Gasteiger partial charge in [0.15, 0.2) is 0 Å². The van der Waals surface area contributed by atoms with Crippen molar-refractivity contribution in [1.29, 1.82) is 0 Å². The van der Waals surface area contributed by atoms with Crippen LogP contribution in [0.3, 0.4) is 0 Å². The summed E-state index contributed by atoms with van der Waals surface area (Å²) >= 11 is 0. The Bertz CT molecular complexity index is 556. The number of piperazine rings is 1. The molecule has 1 heterocycles. The molecule has 138 valence electrons. The maximum Gasteiger partial charge on any atom is 0.249 e. The maximum atomic E-state index is 13.0. The van der Waals surface area contributed by atoms with Gasteiger partial charge in [0.25, 0.3) is 0 Å². The molecule has 0 saturated carbocycles. The van der Waals surface area contributed by atoms with Crippen molar-refractivity contribution in [2.45, 2.75) is 32.4 Å². The molecule has 6 nitrogen and oxygen atoms in total. The molecule has 2 rings (SSSR count). The van der Waals surface area contributed by atoms with Gasteiger partial charge >= 0.3 is 0 Å². The molecule has 6 heteroatoms. The fraction of sp³-hybridized carbons (Fsp3) is 0.579. The first kappa shape index (κ1) is 19.4. The zero-order valence-corrected chi connectivity index (χ0v) is 15.4. The lowest BCUT2D eigenvalue weighted by Crippen LogP contribution is -2.56. The van der Waals surface area contributed by atoms with E-state index < -0.39 is 12.1 Å². The highest BCUT2D eigenvalue weighted by atomic mass is 16.5. The van der Waals surface area contributed by atoms with Gasteiger partial charge in [-0.3, -0.25) is 9.59 Å². The molecule has 1 saturated heterocycles. The summed E-state index contributed by atoms with van der Waals surface area (Å²) < 4.78 is 5.07. The summed E-state index contributed by atoms with van der Waals surface area (Å²) in [5, 5.41) is 2.87. The molecular weight excluding hydrogens is 318 g/mol. The van der Waals surface area contributed by atoms with Crippen LogP contribution in [0.4, 0.5) is 0 Å². The van der Waals surface area contributed by atoms with Crippen molar-refractivity contribution in [3.05, 3.63) is 35.9 Å². The van der Waals surface area contributed by atoms with Crippen LogP contribution in [0, 0.1) is 0 Å². The van der Waals surface area contributed by atoms with Crippen molar-refractivity contribution in [2.24, 2.45) is 0 Å². The third kappa shape index (κ3) is 5.54. The number of carbonyl (C=O) groups excluding carboxylic acids is 2. The Kier molecular flexibility index (Phi) is 7.40. The number of amides is 2. The van der Waals surface area contributed by atoms with Crippen LogP contribution in [-0.2, 0) is 20.7 Å². The van der Waals surface area contributed by atoms with Gasteiger partial charge in [0.05, 0.1) is 0 Å². The second-order valence-corrected chi connectivity index (χ2v) is 6.39. The minimum atomic E-state index is -0.581. The van der Waals surface area contributed by atoms with E-state index in [1.807, 2.05) is 35.2 Å². The first-order chi connectivity index (χ1) is 12.0. The SMILES string of the molecule is CCN1CCN(C(=O)C(Cc2ccccc2)NC(=O)C(C)OC)CC1. The molecule has 0 aliphatic carbocycles. The number of nitrogens with one attached hydrogen (secondary N) is 1. The van der Waals surface area contributed by atoms with Crippen LogP contribution >= 0.6 is 0 Å². The average Bonchev–Trinajstić information content (AvgIpc) is 2.67. The maximum absolute atomic E-state index is 13.0. The molecule has 0 spiro atoms. The van der Waals surface area contributed by atoms with Crippen LogP contribution in [0.1, 0.15) is 19.4 Å². The van der Waals surface area contributed by atoms with Gasteiger partial charge in [-0.2, -0.15) is 0 Å². The minimum Gasteiger partial charge on any atom is -0.372 e. The number of hydrogen-bond donors (Lipinski definition) is 1. The van der Waals surface area contributed by atoms with Crippen molar-refractivity contribution >= 4 is 11.8 Å². The van der Waals surface area contributed by atoms with Crippen LogP contribution in [0.15, 0.2) is 30.3 Å². The topological polar surface area (TPSA) is 61.9 Å². The first-order valence-electron chi connectivity index (χ1n) is 8.93. The number of ether oxygens (including phenoxy) is 1. The fourth-order valence-corrected chi connectivity index (χ4v) is 2.95. The van der Waals surface area contributed by atoms with Gasteiger partial charge in [0, 0.05) is 39.7 Å². The highest BCUT2D eigenvalue weighted by Gasteiger charge is 2.29. The smallest absolute Gasteiger partial charge is 0.249 e. The summed E-state index contributed by atoms with van der Waals surface area (Å²) in [6.45, 7) is 7.96. The van der Waals surface area contributed by atoms with Crippen LogP contribution in [0.5, 0.6) is 0 Å². The van der Waals surface area contributed by atoms with E-state index in [9.17, 15) is 9.59 Å². The largest absolute Gasteiger partial charge is 0.372 e. The summed E-state index contributed by atoms with van der Waals surface area (Å²) in [6, 6.07) is 9.20. The Hall–Kier alpha value is -1.92. The number of methoxy groups -OCH3 is 1. The van der Waals surface area contributed by atoms with Gasteiger partial charge in [0.2, 0.25) is 11.8 Å².